The van der Waals surface area contributed by atoms with Gasteiger partial charge in [0.25, 0.3) is 0 Å². The standard InChI is InChI=1S/2C9H4F6O2.2C5H10O2.2C4H8O.2Ru/c2*10-8(11,12)4-2-1-3-5(9(13,14)15)6(4)7(16)17;2*1-5(2,3)4(6)7;2*1-2-4-5-3-1;;/h2*1-3H,(H,16,17);2*1-3H3,(H,6,7);2*1-4H2;;/q;;;;;;2*+2/p-4. The first-order valence-electron chi connectivity index (χ1n) is 16.5. The Hall–Kier alpha value is -3.35. The molecular formula is C36H40F12O10Ru2. The topological polar surface area (TPSA) is 179 Å². The Morgan fingerprint density at radius 1 is 0.433 bits per heavy atom. The average Bonchev–Trinajstić information content (AvgIpc) is 3.83. The molecule has 0 atom stereocenters. The molecule has 0 spiro atoms. The summed E-state index contributed by atoms with van der Waals surface area (Å²) in [5.41, 5.74) is -12.7. The van der Waals surface area contributed by atoms with Gasteiger partial charge in [0.1, 0.15) is 0 Å². The van der Waals surface area contributed by atoms with Crippen LogP contribution in [0.2, 0.25) is 0 Å². The number of benzene rings is 2. The molecule has 2 aromatic carbocycles. The van der Waals surface area contributed by atoms with E-state index in [1.165, 1.54) is 25.7 Å². The Kier molecular flexibility index (Phi) is 28.3. The molecule has 0 aromatic heterocycles. The number of halogens is 12. The number of alkyl halides is 12. The smallest absolute Gasteiger partial charge is 0.550 e. The minimum absolute atomic E-state index is 0. The molecule has 0 aliphatic carbocycles. The number of aromatic carboxylic acids is 2. The van der Waals surface area contributed by atoms with Crippen molar-refractivity contribution in [2.24, 2.45) is 10.8 Å². The predicted octanol–water partition coefficient (Wildman–Crippen LogP) is 5.33. The molecule has 344 valence electrons. The van der Waals surface area contributed by atoms with Crippen molar-refractivity contribution >= 4 is 23.9 Å². The maximum absolute atomic E-state index is 12.3. The molecule has 0 unspecified atom stereocenters. The number of ether oxygens (including phenoxy) is 2. The summed E-state index contributed by atoms with van der Waals surface area (Å²) in [7, 11) is 0. The first kappa shape index (κ1) is 63.3. The van der Waals surface area contributed by atoms with Crippen molar-refractivity contribution in [3.63, 3.8) is 0 Å². The van der Waals surface area contributed by atoms with Gasteiger partial charge in [0.2, 0.25) is 0 Å². The van der Waals surface area contributed by atoms with Crippen LogP contribution < -0.4 is 20.4 Å². The summed E-state index contributed by atoms with van der Waals surface area (Å²) in [5, 5.41) is 40.7. The SMILES string of the molecule is C1CCOC1.C1CCOC1.CC(C)(C)C(=O)[O-].CC(C)(C)C(=O)[O-].O=C([O-])c1c(C(F)(F)F)cccc1C(F)(F)F.O=C([O-])c1c(C(F)(F)F)cccc1C(F)(F)F.[Ru+2].[Ru+2]. The van der Waals surface area contributed by atoms with Crippen molar-refractivity contribution in [1.82, 2.24) is 0 Å². The minimum Gasteiger partial charge on any atom is -0.550 e. The molecule has 2 fully saturated rings. The number of carbonyl (C=O) groups is 4. The third-order valence-corrected chi connectivity index (χ3v) is 6.64. The van der Waals surface area contributed by atoms with Gasteiger partial charge in [-0.2, -0.15) is 52.7 Å². The van der Waals surface area contributed by atoms with Crippen LogP contribution in [0.5, 0.6) is 0 Å². The van der Waals surface area contributed by atoms with Gasteiger partial charge in [0.05, 0.1) is 34.2 Å². The largest absolute Gasteiger partial charge is 2.00 e. The zero-order valence-corrected chi connectivity index (χ0v) is 35.9. The van der Waals surface area contributed by atoms with E-state index in [-0.39, 0.29) is 63.2 Å². The molecule has 2 saturated heterocycles. The minimum atomic E-state index is -5.20. The Labute approximate surface area is 362 Å². The number of hydrogen-bond acceptors (Lipinski definition) is 10. The van der Waals surface area contributed by atoms with E-state index in [0.717, 1.165) is 26.4 Å². The molecule has 0 bridgehead atoms. The number of aliphatic carboxylic acids is 2. The molecule has 2 aliphatic rings. The van der Waals surface area contributed by atoms with Crippen LogP contribution in [0.25, 0.3) is 0 Å². The molecule has 0 saturated carbocycles. The maximum atomic E-state index is 12.3. The molecule has 0 N–H and O–H groups in total. The van der Waals surface area contributed by atoms with Crippen LogP contribution in [0.15, 0.2) is 36.4 Å². The van der Waals surface area contributed by atoms with Crippen molar-refractivity contribution in [3.8, 4) is 0 Å². The van der Waals surface area contributed by atoms with Gasteiger partial charge in [-0.3, -0.25) is 0 Å². The molecule has 0 radical (unpaired) electrons. The van der Waals surface area contributed by atoms with Crippen molar-refractivity contribution in [2.45, 2.75) is 91.9 Å². The zero-order chi connectivity index (χ0) is 46.1. The van der Waals surface area contributed by atoms with E-state index in [4.69, 9.17) is 9.47 Å². The van der Waals surface area contributed by atoms with Gasteiger partial charge in [-0.15, -0.1) is 0 Å². The Bertz CT molecular complexity index is 1420. The van der Waals surface area contributed by atoms with Crippen molar-refractivity contribution in [3.05, 3.63) is 69.8 Å². The van der Waals surface area contributed by atoms with Crippen LogP contribution in [-0.4, -0.2) is 50.3 Å². The summed E-state index contributed by atoms with van der Waals surface area (Å²) in [6, 6.07) is 1.97. The van der Waals surface area contributed by atoms with Crippen molar-refractivity contribution in [1.29, 1.82) is 0 Å². The van der Waals surface area contributed by atoms with Crippen molar-refractivity contribution in [2.75, 3.05) is 26.4 Å². The second kappa shape index (κ2) is 26.9. The Morgan fingerprint density at radius 3 is 0.683 bits per heavy atom. The molecule has 2 aromatic rings. The summed E-state index contributed by atoms with van der Waals surface area (Å²) in [5.74, 6) is -7.06. The molecule has 4 rings (SSSR count). The molecule has 2 aliphatic heterocycles. The monoisotopic (exact) mass is 1060 g/mol. The summed E-state index contributed by atoms with van der Waals surface area (Å²) < 4.78 is 158. The first-order valence-corrected chi connectivity index (χ1v) is 16.5. The molecule has 2 heterocycles. The van der Waals surface area contributed by atoms with E-state index >= 15 is 0 Å². The molecule has 0 amide bonds. The van der Waals surface area contributed by atoms with Crippen LogP contribution in [0.1, 0.15) is 110 Å². The third kappa shape index (κ3) is 25.4. The normalized spacial score (nSPS) is 13.8. The van der Waals surface area contributed by atoms with Gasteiger partial charge in [0, 0.05) is 60.3 Å². The van der Waals surface area contributed by atoms with Gasteiger partial charge >= 0.3 is 63.7 Å². The first-order chi connectivity index (χ1) is 26.0. The van der Waals surface area contributed by atoms with Gasteiger partial charge in [-0.25, -0.2) is 0 Å². The van der Waals surface area contributed by atoms with E-state index in [9.17, 15) is 92.3 Å². The van der Waals surface area contributed by atoms with Crippen LogP contribution >= 0.6 is 0 Å². The third-order valence-electron chi connectivity index (χ3n) is 6.64. The quantitative estimate of drug-likeness (QED) is 0.282. The maximum Gasteiger partial charge on any atom is 2.00 e. The Balaban J connectivity index is -0.000000336. The molecule has 60 heavy (non-hydrogen) atoms. The predicted molar refractivity (Wildman–Crippen MR) is 171 cm³/mol. The number of carboxylic acid groups (broad SMARTS) is 4. The molecule has 10 nitrogen and oxygen atoms in total. The van der Waals surface area contributed by atoms with Crippen LogP contribution in [0.3, 0.4) is 0 Å². The number of rotatable bonds is 2. The fraction of sp³-hybridized carbons (Fsp3) is 0.556. The van der Waals surface area contributed by atoms with Crippen molar-refractivity contribution < 1.29 is 141 Å². The second-order valence-corrected chi connectivity index (χ2v) is 13.7. The van der Waals surface area contributed by atoms with E-state index in [1.807, 2.05) is 0 Å². The van der Waals surface area contributed by atoms with Crippen LogP contribution in [-0.2, 0) is 82.7 Å². The van der Waals surface area contributed by atoms with Crippen LogP contribution in [0, 0.1) is 10.8 Å². The van der Waals surface area contributed by atoms with Gasteiger partial charge in [-0.05, 0) is 49.9 Å². The van der Waals surface area contributed by atoms with E-state index in [2.05, 4.69) is 0 Å². The Morgan fingerprint density at radius 2 is 0.600 bits per heavy atom. The molecular weight excluding hydrogens is 1020 g/mol. The number of carboxylic acids is 4. The summed E-state index contributed by atoms with van der Waals surface area (Å²) in [6.45, 7) is 13.6. The molecule has 24 heteroatoms. The van der Waals surface area contributed by atoms with Gasteiger partial charge in [0.15, 0.2) is 0 Å². The average molecular weight is 1060 g/mol. The second-order valence-electron chi connectivity index (χ2n) is 13.7. The van der Waals surface area contributed by atoms with Gasteiger partial charge < -0.3 is 49.1 Å². The summed E-state index contributed by atoms with van der Waals surface area (Å²) in [6.07, 6.45) is -15.7. The summed E-state index contributed by atoms with van der Waals surface area (Å²) >= 11 is 0. The van der Waals surface area contributed by atoms with E-state index in [1.54, 1.807) is 41.5 Å². The summed E-state index contributed by atoms with van der Waals surface area (Å²) in [4.78, 5) is 40.7. The van der Waals surface area contributed by atoms with E-state index in [0.29, 0.717) is 12.1 Å². The fourth-order valence-electron chi connectivity index (χ4n) is 3.51. The van der Waals surface area contributed by atoms with Crippen LogP contribution in [0.4, 0.5) is 52.7 Å². The van der Waals surface area contributed by atoms with E-state index < -0.39 is 92.8 Å². The van der Waals surface area contributed by atoms with Gasteiger partial charge in [-0.1, -0.05) is 53.7 Å². The zero-order valence-electron chi connectivity index (χ0n) is 32.4. The number of hydrogen-bond donors (Lipinski definition) is 0. The number of carbonyl (C=O) groups excluding carboxylic acids is 4. The fourth-order valence-corrected chi connectivity index (χ4v) is 3.51.